The van der Waals surface area contributed by atoms with Crippen LogP contribution in [0.5, 0.6) is 0 Å². The van der Waals surface area contributed by atoms with E-state index in [2.05, 4.69) is 17.6 Å². The molecule has 0 spiro atoms. The van der Waals surface area contributed by atoms with Crippen LogP contribution in [0.3, 0.4) is 0 Å². The lowest BCUT2D eigenvalue weighted by atomic mass is 10.3. The molecule has 96 valence electrons. The minimum absolute atomic E-state index is 0.0526. The van der Waals surface area contributed by atoms with Crippen molar-refractivity contribution in [3.8, 4) is 0 Å². The van der Waals surface area contributed by atoms with Crippen LogP contribution in [0.1, 0.15) is 5.69 Å². The van der Waals surface area contributed by atoms with E-state index in [1.165, 1.54) is 0 Å². The van der Waals surface area contributed by atoms with Gasteiger partial charge in [-0.2, -0.15) is 12.6 Å². The average Bonchev–Trinajstić information content (AvgIpc) is 2.38. The van der Waals surface area contributed by atoms with Crippen LogP contribution in [0, 0.1) is 6.92 Å². The summed E-state index contributed by atoms with van der Waals surface area (Å²) in [4.78, 5) is 16.4. The van der Waals surface area contributed by atoms with Crippen molar-refractivity contribution >= 4 is 23.7 Å². The molecule has 0 N–H and O–H groups in total. The first-order chi connectivity index (χ1) is 8.74. The van der Waals surface area contributed by atoms with Gasteiger partial charge < -0.3 is 9.30 Å². The third-order valence-electron chi connectivity index (χ3n) is 2.71. The maximum atomic E-state index is 12.1. The molecular weight excluding hydrogens is 248 g/mol. The van der Waals surface area contributed by atoms with E-state index in [1.807, 2.05) is 24.3 Å². The van der Waals surface area contributed by atoms with Crippen molar-refractivity contribution in [3.63, 3.8) is 0 Å². The van der Waals surface area contributed by atoms with E-state index in [1.54, 1.807) is 11.5 Å². The van der Waals surface area contributed by atoms with Crippen LogP contribution in [0.25, 0.3) is 11.0 Å². The maximum Gasteiger partial charge on any atom is 0.272 e. The zero-order valence-electron chi connectivity index (χ0n) is 10.3. The number of hydrogen-bond acceptors (Lipinski definition) is 4. The van der Waals surface area contributed by atoms with Crippen molar-refractivity contribution < 1.29 is 4.74 Å². The van der Waals surface area contributed by atoms with Crippen molar-refractivity contribution in [1.82, 2.24) is 9.55 Å². The quantitative estimate of drug-likeness (QED) is 0.659. The maximum absolute atomic E-state index is 12.1. The number of fused-ring (bicyclic) bond motifs is 1. The fraction of sp³-hybridized carbons (Fsp3) is 0.385. The van der Waals surface area contributed by atoms with Gasteiger partial charge in [0.05, 0.1) is 24.2 Å². The van der Waals surface area contributed by atoms with Gasteiger partial charge in [-0.1, -0.05) is 12.1 Å². The standard InChI is InChI=1S/C13H16N2O2S/c1-10-13(16)15(6-7-17-8-9-18)12-5-3-2-4-11(12)14-10/h2-5,18H,6-9H2,1H3. The van der Waals surface area contributed by atoms with E-state index in [4.69, 9.17) is 4.74 Å². The van der Waals surface area contributed by atoms with Crippen LogP contribution >= 0.6 is 12.6 Å². The van der Waals surface area contributed by atoms with E-state index in [0.29, 0.717) is 31.2 Å². The predicted molar refractivity (Wildman–Crippen MR) is 75.4 cm³/mol. The van der Waals surface area contributed by atoms with Crippen molar-refractivity contribution in [2.45, 2.75) is 13.5 Å². The minimum Gasteiger partial charge on any atom is -0.379 e. The molecule has 5 heteroatoms. The Balaban J connectivity index is 2.35. The predicted octanol–water partition coefficient (Wildman–Crippen LogP) is 1.65. The lowest BCUT2D eigenvalue weighted by molar-refractivity contribution is 0.141. The van der Waals surface area contributed by atoms with Gasteiger partial charge in [0.15, 0.2) is 0 Å². The summed E-state index contributed by atoms with van der Waals surface area (Å²) in [7, 11) is 0. The Bertz CT molecular complexity index is 595. The van der Waals surface area contributed by atoms with Gasteiger partial charge >= 0.3 is 0 Å². The Kier molecular flexibility index (Phi) is 4.38. The van der Waals surface area contributed by atoms with Crippen LogP contribution in [0.2, 0.25) is 0 Å². The number of rotatable bonds is 5. The fourth-order valence-corrected chi connectivity index (χ4v) is 1.99. The third kappa shape index (κ3) is 2.73. The number of ether oxygens (including phenoxy) is 1. The van der Waals surface area contributed by atoms with E-state index < -0.39 is 0 Å². The molecule has 1 heterocycles. The van der Waals surface area contributed by atoms with Crippen molar-refractivity contribution in [2.24, 2.45) is 0 Å². The molecule has 0 radical (unpaired) electrons. The SMILES string of the molecule is Cc1nc2ccccc2n(CCOCCS)c1=O. The molecule has 0 unspecified atom stereocenters. The van der Waals surface area contributed by atoms with Crippen LogP contribution in [-0.2, 0) is 11.3 Å². The Morgan fingerprint density at radius 1 is 1.33 bits per heavy atom. The Labute approximate surface area is 111 Å². The summed E-state index contributed by atoms with van der Waals surface area (Å²) in [5.74, 6) is 0.686. The number of nitrogens with zero attached hydrogens (tertiary/aromatic N) is 2. The molecule has 0 amide bonds. The summed E-state index contributed by atoms with van der Waals surface area (Å²) in [6, 6.07) is 7.64. The molecule has 4 nitrogen and oxygen atoms in total. The van der Waals surface area contributed by atoms with Gasteiger partial charge in [-0.25, -0.2) is 4.98 Å². The number of para-hydroxylation sites is 2. The first kappa shape index (κ1) is 13.1. The molecule has 1 aromatic carbocycles. The molecule has 2 rings (SSSR count). The summed E-state index contributed by atoms with van der Waals surface area (Å²) in [5.41, 5.74) is 2.15. The van der Waals surface area contributed by atoms with Crippen molar-refractivity contribution in [2.75, 3.05) is 19.0 Å². The first-order valence-corrected chi connectivity index (χ1v) is 6.52. The molecule has 0 bridgehead atoms. The second-order valence-corrected chi connectivity index (χ2v) is 4.43. The van der Waals surface area contributed by atoms with Gasteiger partial charge in [-0.3, -0.25) is 4.79 Å². The van der Waals surface area contributed by atoms with Gasteiger partial charge in [-0.05, 0) is 19.1 Å². The highest BCUT2D eigenvalue weighted by Gasteiger charge is 2.06. The van der Waals surface area contributed by atoms with E-state index >= 15 is 0 Å². The van der Waals surface area contributed by atoms with Gasteiger partial charge in [-0.15, -0.1) is 0 Å². The molecule has 18 heavy (non-hydrogen) atoms. The normalized spacial score (nSPS) is 11.0. The third-order valence-corrected chi connectivity index (χ3v) is 2.89. The molecule has 0 atom stereocenters. The Hall–Kier alpha value is -1.33. The summed E-state index contributed by atoms with van der Waals surface area (Å²) >= 11 is 4.07. The van der Waals surface area contributed by atoms with Crippen LogP contribution in [-0.4, -0.2) is 28.5 Å². The van der Waals surface area contributed by atoms with Gasteiger partial charge in [0.1, 0.15) is 5.69 Å². The number of benzene rings is 1. The number of thiol groups is 1. The lowest BCUT2D eigenvalue weighted by Gasteiger charge is -2.10. The number of hydrogen-bond donors (Lipinski definition) is 1. The molecule has 0 aliphatic heterocycles. The van der Waals surface area contributed by atoms with E-state index in [0.717, 1.165) is 11.0 Å². The van der Waals surface area contributed by atoms with Crippen molar-refractivity contribution in [3.05, 3.63) is 40.3 Å². The topological polar surface area (TPSA) is 44.1 Å². The number of aryl methyl sites for hydroxylation is 1. The second-order valence-electron chi connectivity index (χ2n) is 3.98. The van der Waals surface area contributed by atoms with Gasteiger partial charge in [0, 0.05) is 12.3 Å². The Morgan fingerprint density at radius 2 is 2.11 bits per heavy atom. The van der Waals surface area contributed by atoms with Gasteiger partial charge in [0.25, 0.3) is 5.56 Å². The molecule has 1 aromatic heterocycles. The molecule has 2 aromatic rings. The summed E-state index contributed by atoms with van der Waals surface area (Å²) in [5, 5.41) is 0. The Morgan fingerprint density at radius 3 is 2.89 bits per heavy atom. The minimum atomic E-state index is -0.0526. The smallest absolute Gasteiger partial charge is 0.272 e. The van der Waals surface area contributed by atoms with Crippen LogP contribution < -0.4 is 5.56 Å². The lowest BCUT2D eigenvalue weighted by Crippen LogP contribution is -2.26. The van der Waals surface area contributed by atoms with Crippen molar-refractivity contribution in [1.29, 1.82) is 0 Å². The molecule has 0 fully saturated rings. The fourth-order valence-electron chi connectivity index (χ4n) is 1.86. The number of aromatic nitrogens is 2. The molecule has 0 aliphatic rings. The summed E-state index contributed by atoms with van der Waals surface area (Å²) in [6.45, 7) is 3.38. The molecule has 0 saturated carbocycles. The monoisotopic (exact) mass is 264 g/mol. The second kappa shape index (κ2) is 6.02. The largest absolute Gasteiger partial charge is 0.379 e. The van der Waals surface area contributed by atoms with E-state index in [9.17, 15) is 4.79 Å². The molecular formula is C13H16N2O2S. The van der Waals surface area contributed by atoms with Gasteiger partial charge in [0.2, 0.25) is 0 Å². The summed E-state index contributed by atoms with van der Waals surface area (Å²) in [6.07, 6.45) is 0. The highest BCUT2D eigenvalue weighted by Crippen LogP contribution is 2.09. The molecule has 0 saturated heterocycles. The van der Waals surface area contributed by atoms with E-state index in [-0.39, 0.29) is 5.56 Å². The highest BCUT2D eigenvalue weighted by molar-refractivity contribution is 7.80. The first-order valence-electron chi connectivity index (χ1n) is 5.89. The highest BCUT2D eigenvalue weighted by atomic mass is 32.1. The zero-order chi connectivity index (χ0) is 13.0. The molecule has 0 aliphatic carbocycles. The van der Waals surface area contributed by atoms with Crippen LogP contribution in [0.15, 0.2) is 29.1 Å². The zero-order valence-corrected chi connectivity index (χ0v) is 11.2. The van der Waals surface area contributed by atoms with Crippen LogP contribution in [0.4, 0.5) is 0 Å². The summed E-state index contributed by atoms with van der Waals surface area (Å²) < 4.78 is 7.09. The average molecular weight is 264 g/mol.